The molecule has 0 spiro atoms. The molecule has 0 amide bonds. The second-order valence-corrected chi connectivity index (χ2v) is 6.03. The lowest BCUT2D eigenvalue weighted by Gasteiger charge is -2.22. The highest BCUT2D eigenvalue weighted by Gasteiger charge is 2.39. The van der Waals surface area contributed by atoms with Crippen molar-refractivity contribution in [3.8, 4) is 0 Å². The monoisotopic (exact) mass is 236 g/mol. The molecule has 1 saturated heterocycles. The third-order valence-electron chi connectivity index (χ3n) is 4.22. The van der Waals surface area contributed by atoms with Crippen molar-refractivity contribution in [2.24, 2.45) is 11.3 Å². The van der Waals surface area contributed by atoms with Gasteiger partial charge >= 0.3 is 5.97 Å². The highest BCUT2D eigenvalue weighted by Crippen LogP contribution is 2.36. The lowest BCUT2D eigenvalue weighted by molar-refractivity contribution is -0.145. The van der Waals surface area contributed by atoms with Gasteiger partial charge in [0.25, 0.3) is 0 Å². The highest BCUT2D eigenvalue weighted by molar-refractivity contribution is 5.78. The molecule has 0 bridgehead atoms. The molecule has 2 fully saturated rings. The zero-order valence-electron chi connectivity index (χ0n) is 11.1. The third-order valence-corrected chi connectivity index (χ3v) is 4.22. The number of ether oxygens (including phenoxy) is 1. The molecular weight excluding hydrogens is 212 g/mol. The summed E-state index contributed by atoms with van der Waals surface area (Å²) in [6.07, 6.45) is 11.0. The lowest BCUT2D eigenvalue weighted by Crippen LogP contribution is -2.22. The Hall–Kier alpha value is -0.790. The quantitative estimate of drug-likeness (QED) is 0.549. The van der Waals surface area contributed by atoms with Gasteiger partial charge in [0.05, 0.1) is 12.0 Å². The van der Waals surface area contributed by atoms with E-state index in [4.69, 9.17) is 4.74 Å². The van der Waals surface area contributed by atoms with Crippen molar-refractivity contribution in [1.82, 2.24) is 0 Å². The summed E-state index contributed by atoms with van der Waals surface area (Å²) >= 11 is 0. The molecule has 17 heavy (non-hydrogen) atoms. The molecule has 2 aliphatic rings. The molecule has 1 heterocycles. The van der Waals surface area contributed by atoms with Crippen LogP contribution in [0.1, 0.15) is 58.8 Å². The molecule has 1 aliphatic heterocycles. The minimum absolute atomic E-state index is 0.00565. The van der Waals surface area contributed by atoms with Crippen molar-refractivity contribution >= 4 is 5.97 Å². The Kier molecular flexibility index (Phi) is 3.90. The smallest absolute Gasteiger partial charge is 0.312 e. The number of allylic oxidation sites excluding steroid dienone is 2. The van der Waals surface area contributed by atoms with Gasteiger partial charge in [-0.1, -0.05) is 30.9 Å². The fourth-order valence-electron chi connectivity index (χ4n) is 3.18. The lowest BCUT2D eigenvalue weighted by atomic mass is 9.80. The number of hydrogen-bond donors (Lipinski definition) is 0. The summed E-state index contributed by atoms with van der Waals surface area (Å²) in [6.45, 7) is 4.82. The predicted octanol–water partition coefficient (Wildman–Crippen LogP) is 3.86. The number of hydrogen-bond acceptors (Lipinski definition) is 2. The normalized spacial score (nSPS) is 31.6. The van der Waals surface area contributed by atoms with Crippen LogP contribution in [0.4, 0.5) is 0 Å². The molecule has 2 rings (SSSR count). The Labute approximate surface area is 104 Å². The fraction of sp³-hybridized carbons (Fsp3) is 0.800. The van der Waals surface area contributed by atoms with Crippen molar-refractivity contribution in [2.45, 2.75) is 58.8 Å². The molecule has 0 aromatic carbocycles. The van der Waals surface area contributed by atoms with E-state index in [0.717, 1.165) is 18.8 Å². The van der Waals surface area contributed by atoms with E-state index in [1.807, 2.05) is 6.92 Å². The second kappa shape index (κ2) is 5.24. The first-order chi connectivity index (χ1) is 8.10. The van der Waals surface area contributed by atoms with Crippen LogP contribution in [0, 0.1) is 11.3 Å². The zero-order valence-corrected chi connectivity index (χ0v) is 11.1. The Balaban J connectivity index is 1.93. The summed E-state index contributed by atoms with van der Waals surface area (Å²) in [5, 5.41) is 0. The van der Waals surface area contributed by atoms with Crippen LogP contribution in [-0.4, -0.2) is 12.6 Å². The van der Waals surface area contributed by atoms with Crippen molar-refractivity contribution in [2.75, 3.05) is 6.61 Å². The molecular formula is C15H24O2. The molecule has 2 heteroatoms. The summed E-state index contributed by atoms with van der Waals surface area (Å²) in [7, 11) is 0. The maximum atomic E-state index is 11.7. The number of carbonyl (C=O) groups excluding carboxylic acids is 1. The second-order valence-electron chi connectivity index (χ2n) is 6.03. The van der Waals surface area contributed by atoms with Gasteiger partial charge in [0, 0.05) is 0 Å². The molecule has 96 valence electrons. The van der Waals surface area contributed by atoms with Crippen molar-refractivity contribution in [3.63, 3.8) is 0 Å². The molecule has 1 unspecified atom stereocenters. The Morgan fingerprint density at radius 2 is 2.12 bits per heavy atom. The first kappa shape index (κ1) is 12.7. The highest BCUT2D eigenvalue weighted by atomic mass is 16.5. The first-order valence-corrected chi connectivity index (χ1v) is 6.95. The first-order valence-electron chi connectivity index (χ1n) is 6.95. The third kappa shape index (κ3) is 3.11. The van der Waals surface area contributed by atoms with Crippen LogP contribution >= 0.6 is 0 Å². The van der Waals surface area contributed by atoms with Crippen molar-refractivity contribution in [1.29, 1.82) is 0 Å². The van der Waals surface area contributed by atoms with Gasteiger partial charge in [-0.2, -0.15) is 0 Å². The van der Waals surface area contributed by atoms with E-state index in [1.165, 1.54) is 37.7 Å². The van der Waals surface area contributed by atoms with Gasteiger partial charge < -0.3 is 4.74 Å². The standard InChI is InChI=1S/C15H24O2/c1-12(10-13-6-4-3-5-7-13)11-15(2)8-9-17-14(15)16/h10,13H,3-9,11H2,1-2H3/b12-10+. The molecule has 2 nitrogen and oxygen atoms in total. The Morgan fingerprint density at radius 1 is 1.41 bits per heavy atom. The van der Waals surface area contributed by atoms with Gasteiger partial charge in [-0.05, 0) is 45.4 Å². The maximum absolute atomic E-state index is 11.7. The SMILES string of the molecule is C/C(=C\C1CCCCC1)CC1(C)CCOC1=O. The molecule has 0 aromatic rings. The largest absolute Gasteiger partial charge is 0.465 e. The van der Waals surface area contributed by atoms with E-state index in [9.17, 15) is 4.79 Å². The molecule has 0 radical (unpaired) electrons. The van der Waals surface area contributed by atoms with E-state index in [0.29, 0.717) is 6.61 Å². The van der Waals surface area contributed by atoms with E-state index < -0.39 is 0 Å². The van der Waals surface area contributed by atoms with Crippen LogP contribution in [0.25, 0.3) is 0 Å². The van der Waals surface area contributed by atoms with Gasteiger partial charge in [0.1, 0.15) is 0 Å². The number of carbonyl (C=O) groups is 1. The summed E-state index contributed by atoms with van der Waals surface area (Å²) in [5.74, 6) is 0.749. The summed E-state index contributed by atoms with van der Waals surface area (Å²) in [6, 6.07) is 0. The number of esters is 1. The molecule has 0 N–H and O–H groups in total. The van der Waals surface area contributed by atoms with E-state index in [1.54, 1.807) is 0 Å². The van der Waals surface area contributed by atoms with Crippen molar-refractivity contribution in [3.05, 3.63) is 11.6 Å². The van der Waals surface area contributed by atoms with Gasteiger partial charge in [-0.15, -0.1) is 0 Å². The van der Waals surface area contributed by atoms with Crippen molar-refractivity contribution < 1.29 is 9.53 Å². The Bertz CT molecular complexity index is 313. The predicted molar refractivity (Wildman–Crippen MR) is 68.6 cm³/mol. The Morgan fingerprint density at radius 3 is 2.71 bits per heavy atom. The van der Waals surface area contributed by atoms with Gasteiger partial charge in [-0.25, -0.2) is 0 Å². The van der Waals surface area contributed by atoms with Gasteiger partial charge in [-0.3, -0.25) is 4.79 Å². The van der Waals surface area contributed by atoms with Crippen LogP contribution in [0.5, 0.6) is 0 Å². The fourth-order valence-corrected chi connectivity index (χ4v) is 3.18. The van der Waals surface area contributed by atoms with Crippen LogP contribution in [0.15, 0.2) is 11.6 Å². The summed E-state index contributed by atoms with van der Waals surface area (Å²) < 4.78 is 5.09. The van der Waals surface area contributed by atoms with Gasteiger partial charge in [0.15, 0.2) is 0 Å². The van der Waals surface area contributed by atoms with Gasteiger partial charge in [0.2, 0.25) is 0 Å². The summed E-state index contributed by atoms with van der Waals surface area (Å²) in [5.41, 5.74) is 1.12. The molecule has 0 aromatic heterocycles. The van der Waals surface area contributed by atoms with E-state index >= 15 is 0 Å². The minimum atomic E-state index is -0.255. The van der Waals surface area contributed by atoms with Crippen LogP contribution in [0.2, 0.25) is 0 Å². The number of rotatable bonds is 3. The molecule has 1 saturated carbocycles. The van der Waals surface area contributed by atoms with Crippen LogP contribution in [0.3, 0.4) is 0 Å². The van der Waals surface area contributed by atoms with E-state index in [-0.39, 0.29) is 11.4 Å². The van der Waals surface area contributed by atoms with Crippen LogP contribution < -0.4 is 0 Å². The maximum Gasteiger partial charge on any atom is 0.312 e. The zero-order chi connectivity index (χ0) is 12.3. The summed E-state index contributed by atoms with van der Waals surface area (Å²) in [4.78, 5) is 11.7. The molecule has 1 aliphatic carbocycles. The molecule has 1 atom stereocenters. The number of cyclic esters (lactones) is 1. The average Bonchev–Trinajstić information content (AvgIpc) is 2.60. The van der Waals surface area contributed by atoms with E-state index in [2.05, 4.69) is 13.0 Å². The average molecular weight is 236 g/mol. The topological polar surface area (TPSA) is 26.3 Å². The minimum Gasteiger partial charge on any atom is -0.465 e. The van der Waals surface area contributed by atoms with Crippen LogP contribution in [-0.2, 0) is 9.53 Å².